The SMILES string of the molecule is CC1CCc2c(Cl)cc3c(c2C(N)C1)OCCO3. The van der Waals surface area contributed by atoms with Gasteiger partial charge in [-0.2, -0.15) is 0 Å². The fourth-order valence-electron chi connectivity index (χ4n) is 2.92. The number of halogens is 1. The van der Waals surface area contributed by atoms with Crippen molar-refractivity contribution in [2.45, 2.75) is 32.2 Å². The molecule has 1 aliphatic heterocycles. The molecule has 2 N–H and O–H groups in total. The van der Waals surface area contributed by atoms with Crippen LogP contribution < -0.4 is 15.2 Å². The van der Waals surface area contributed by atoms with Crippen molar-refractivity contribution in [1.29, 1.82) is 0 Å². The molecule has 2 unspecified atom stereocenters. The predicted molar refractivity (Wildman–Crippen MR) is 71.5 cm³/mol. The molecular formula is C14H18ClNO2. The summed E-state index contributed by atoms with van der Waals surface area (Å²) < 4.78 is 11.4. The second-order valence-electron chi connectivity index (χ2n) is 5.26. The largest absolute Gasteiger partial charge is 0.486 e. The molecule has 3 rings (SSSR count). The highest BCUT2D eigenvalue weighted by Gasteiger charge is 2.29. The van der Waals surface area contributed by atoms with Gasteiger partial charge in [-0.15, -0.1) is 0 Å². The van der Waals surface area contributed by atoms with E-state index < -0.39 is 0 Å². The van der Waals surface area contributed by atoms with E-state index in [-0.39, 0.29) is 6.04 Å². The molecule has 0 spiro atoms. The first-order chi connectivity index (χ1) is 8.66. The van der Waals surface area contributed by atoms with Crippen LogP contribution in [0.5, 0.6) is 11.5 Å². The summed E-state index contributed by atoms with van der Waals surface area (Å²) in [5, 5.41) is 0.763. The molecule has 18 heavy (non-hydrogen) atoms. The number of ether oxygens (including phenoxy) is 2. The number of benzene rings is 1. The number of hydrogen-bond acceptors (Lipinski definition) is 3. The Hall–Kier alpha value is -0.930. The third kappa shape index (κ3) is 1.95. The van der Waals surface area contributed by atoms with Crippen molar-refractivity contribution < 1.29 is 9.47 Å². The van der Waals surface area contributed by atoms with Crippen molar-refractivity contribution in [3.05, 3.63) is 22.2 Å². The molecular weight excluding hydrogens is 250 g/mol. The molecule has 4 heteroatoms. The Kier molecular flexibility index (Phi) is 3.12. The Balaban J connectivity index is 2.16. The average molecular weight is 268 g/mol. The second kappa shape index (κ2) is 4.63. The Morgan fingerprint density at radius 3 is 2.94 bits per heavy atom. The van der Waals surface area contributed by atoms with Gasteiger partial charge in [-0.25, -0.2) is 0 Å². The van der Waals surface area contributed by atoms with Gasteiger partial charge in [0.15, 0.2) is 11.5 Å². The lowest BCUT2D eigenvalue weighted by Gasteiger charge is -2.25. The quantitative estimate of drug-likeness (QED) is 0.735. The molecule has 1 aromatic carbocycles. The highest BCUT2D eigenvalue weighted by Crippen LogP contribution is 2.46. The van der Waals surface area contributed by atoms with Crippen LogP contribution in [0.15, 0.2) is 6.07 Å². The fraction of sp³-hybridized carbons (Fsp3) is 0.571. The third-order valence-electron chi connectivity index (χ3n) is 3.84. The van der Waals surface area contributed by atoms with Crippen molar-refractivity contribution in [1.82, 2.24) is 0 Å². The fourth-order valence-corrected chi connectivity index (χ4v) is 3.22. The molecule has 0 aromatic heterocycles. The van der Waals surface area contributed by atoms with E-state index in [1.165, 1.54) is 0 Å². The van der Waals surface area contributed by atoms with Crippen LogP contribution in [0.25, 0.3) is 0 Å². The molecule has 0 saturated carbocycles. The number of fused-ring (bicyclic) bond motifs is 3. The van der Waals surface area contributed by atoms with Crippen molar-refractivity contribution >= 4 is 11.6 Å². The van der Waals surface area contributed by atoms with Gasteiger partial charge in [0.25, 0.3) is 0 Å². The first-order valence-electron chi connectivity index (χ1n) is 6.53. The zero-order chi connectivity index (χ0) is 12.7. The highest BCUT2D eigenvalue weighted by atomic mass is 35.5. The summed E-state index contributed by atoms with van der Waals surface area (Å²) in [6.45, 7) is 3.40. The molecule has 98 valence electrons. The van der Waals surface area contributed by atoms with Gasteiger partial charge in [0.1, 0.15) is 13.2 Å². The summed E-state index contributed by atoms with van der Waals surface area (Å²) >= 11 is 6.37. The van der Waals surface area contributed by atoms with E-state index in [2.05, 4.69) is 6.92 Å². The molecule has 2 atom stereocenters. The summed E-state index contributed by atoms with van der Waals surface area (Å²) in [4.78, 5) is 0. The zero-order valence-electron chi connectivity index (χ0n) is 10.5. The van der Waals surface area contributed by atoms with E-state index >= 15 is 0 Å². The summed E-state index contributed by atoms with van der Waals surface area (Å²) in [5.41, 5.74) is 8.56. The minimum absolute atomic E-state index is 0.00773. The van der Waals surface area contributed by atoms with E-state index in [4.69, 9.17) is 26.8 Å². The van der Waals surface area contributed by atoms with Crippen LogP contribution in [0.4, 0.5) is 0 Å². The van der Waals surface area contributed by atoms with Gasteiger partial charge in [-0.3, -0.25) is 0 Å². The molecule has 0 radical (unpaired) electrons. The number of rotatable bonds is 0. The molecule has 0 saturated heterocycles. The van der Waals surface area contributed by atoms with Crippen molar-refractivity contribution in [2.24, 2.45) is 11.7 Å². The van der Waals surface area contributed by atoms with E-state index in [0.717, 1.165) is 46.9 Å². The van der Waals surface area contributed by atoms with E-state index in [0.29, 0.717) is 19.1 Å². The van der Waals surface area contributed by atoms with Gasteiger partial charge in [0.05, 0.1) is 0 Å². The number of hydrogen-bond donors (Lipinski definition) is 1. The molecule has 2 aliphatic rings. The summed E-state index contributed by atoms with van der Waals surface area (Å²) in [6.07, 6.45) is 3.07. The minimum atomic E-state index is -0.00773. The van der Waals surface area contributed by atoms with Crippen LogP contribution in [0.1, 0.15) is 36.9 Å². The summed E-state index contributed by atoms with van der Waals surface area (Å²) in [6, 6.07) is 1.86. The van der Waals surface area contributed by atoms with Gasteiger partial charge >= 0.3 is 0 Å². The van der Waals surface area contributed by atoms with Crippen molar-refractivity contribution in [3.8, 4) is 11.5 Å². The molecule has 0 bridgehead atoms. The molecule has 1 aliphatic carbocycles. The van der Waals surface area contributed by atoms with Crippen LogP contribution in [0.2, 0.25) is 5.02 Å². The number of nitrogens with two attached hydrogens (primary N) is 1. The molecule has 1 heterocycles. The van der Waals surface area contributed by atoms with Crippen molar-refractivity contribution in [2.75, 3.05) is 13.2 Å². The summed E-state index contributed by atoms with van der Waals surface area (Å²) in [7, 11) is 0. The second-order valence-corrected chi connectivity index (χ2v) is 5.67. The van der Waals surface area contributed by atoms with Gasteiger partial charge in [-0.1, -0.05) is 18.5 Å². The summed E-state index contributed by atoms with van der Waals surface area (Å²) in [5.74, 6) is 2.18. The van der Waals surface area contributed by atoms with Crippen LogP contribution >= 0.6 is 11.6 Å². The van der Waals surface area contributed by atoms with Crippen LogP contribution in [-0.4, -0.2) is 13.2 Å². The van der Waals surface area contributed by atoms with E-state index in [1.807, 2.05) is 6.07 Å². The standard InChI is InChI=1S/C14H18ClNO2/c1-8-2-3-9-10(15)7-12-14(18-5-4-17-12)13(9)11(16)6-8/h7-8,11H,2-6,16H2,1H3. The predicted octanol–water partition coefficient (Wildman–Crippen LogP) is 3.08. The average Bonchev–Trinajstić information content (AvgIpc) is 2.49. The maximum atomic E-state index is 6.37. The lowest BCUT2D eigenvalue weighted by atomic mass is 9.96. The van der Waals surface area contributed by atoms with Gasteiger partial charge in [-0.05, 0) is 30.7 Å². The maximum absolute atomic E-state index is 6.37. The van der Waals surface area contributed by atoms with E-state index in [1.54, 1.807) is 0 Å². The Labute approximate surface area is 112 Å². The molecule has 1 aromatic rings. The first kappa shape index (κ1) is 12.1. The van der Waals surface area contributed by atoms with Gasteiger partial charge in [0, 0.05) is 22.7 Å². The monoisotopic (exact) mass is 267 g/mol. The highest BCUT2D eigenvalue weighted by molar-refractivity contribution is 6.31. The van der Waals surface area contributed by atoms with Crippen LogP contribution in [0, 0.1) is 5.92 Å². The minimum Gasteiger partial charge on any atom is -0.486 e. The zero-order valence-corrected chi connectivity index (χ0v) is 11.3. The maximum Gasteiger partial charge on any atom is 0.166 e. The Bertz CT molecular complexity index is 475. The molecule has 0 fully saturated rings. The van der Waals surface area contributed by atoms with Crippen molar-refractivity contribution in [3.63, 3.8) is 0 Å². The van der Waals surface area contributed by atoms with Crippen LogP contribution in [-0.2, 0) is 6.42 Å². The van der Waals surface area contributed by atoms with Gasteiger partial charge in [0.2, 0.25) is 0 Å². The molecule has 3 nitrogen and oxygen atoms in total. The van der Waals surface area contributed by atoms with E-state index in [9.17, 15) is 0 Å². The van der Waals surface area contributed by atoms with Crippen LogP contribution in [0.3, 0.4) is 0 Å². The lowest BCUT2D eigenvalue weighted by molar-refractivity contribution is 0.169. The topological polar surface area (TPSA) is 44.5 Å². The Morgan fingerprint density at radius 1 is 1.33 bits per heavy atom. The van der Waals surface area contributed by atoms with Gasteiger partial charge < -0.3 is 15.2 Å². The molecule has 0 amide bonds. The Morgan fingerprint density at radius 2 is 2.11 bits per heavy atom. The third-order valence-corrected chi connectivity index (χ3v) is 4.18. The lowest BCUT2D eigenvalue weighted by Crippen LogP contribution is -2.21. The smallest absolute Gasteiger partial charge is 0.166 e. The first-order valence-corrected chi connectivity index (χ1v) is 6.91. The normalized spacial score (nSPS) is 26.4.